The second kappa shape index (κ2) is 14.8. The summed E-state index contributed by atoms with van der Waals surface area (Å²) in [6.07, 6.45) is 8.57. The highest BCUT2D eigenvalue weighted by Crippen LogP contribution is 2.48. The normalized spacial score (nSPS) is 20.1. The topological polar surface area (TPSA) is 177 Å². The molecule has 0 radical (unpaired) electrons. The van der Waals surface area contributed by atoms with Gasteiger partial charge < -0.3 is 0 Å². The van der Waals surface area contributed by atoms with Gasteiger partial charge in [-0.15, -0.1) is 35.3 Å². The van der Waals surface area contributed by atoms with E-state index in [9.17, 15) is 30.7 Å². The minimum atomic E-state index is -4.19. The molecule has 2 aromatic heterocycles. The Labute approximate surface area is 245 Å². The van der Waals surface area contributed by atoms with Crippen molar-refractivity contribution < 1.29 is 30.7 Å². The predicted octanol–water partition coefficient (Wildman–Crippen LogP) is 3.72. The van der Waals surface area contributed by atoms with E-state index in [0.717, 1.165) is 0 Å². The zero-order valence-corrected chi connectivity index (χ0v) is 26.1. The predicted molar refractivity (Wildman–Crippen MR) is 157 cm³/mol. The van der Waals surface area contributed by atoms with Gasteiger partial charge in [0.25, 0.3) is 20.2 Å². The highest BCUT2D eigenvalue weighted by atomic mass is 32.2. The van der Waals surface area contributed by atoms with E-state index in [2.05, 4.69) is 19.9 Å². The van der Waals surface area contributed by atoms with Gasteiger partial charge in [0.15, 0.2) is 0 Å². The fourth-order valence-corrected chi connectivity index (χ4v) is 9.59. The van der Waals surface area contributed by atoms with Crippen LogP contribution >= 0.6 is 47.0 Å². The van der Waals surface area contributed by atoms with Gasteiger partial charge in [0.05, 0.1) is 37.8 Å². The molecule has 4 atom stereocenters. The maximum Gasteiger partial charge on any atom is 0.265 e. The smallest absolute Gasteiger partial charge is 0.265 e. The van der Waals surface area contributed by atoms with E-state index in [1.54, 1.807) is 18.3 Å². The molecule has 0 spiro atoms. The van der Waals surface area contributed by atoms with E-state index < -0.39 is 54.1 Å². The Hall–Kier alpha value is -0.950. The number of carbonyl (C=O) groups is 1. The van der Waals surface area contributed by atoms with Crippen molar-refractivity contribution in [1.29, 1.82) is 0 Å². The minimum absolute atomic E-state index is 0.0559. The molecule has 1 aliphatic rings. The summed E-state index contributed by atoms with van der Waals surface area (Å²) in [4.78, 5) is 31.7. The number of carbonyl (C=O) groups excluding carboxylic acids is 1. The SMILES string of the molecule is CSc1cc(C(SCCS(=O)(=O)O)C2CCCC(C(SCCS(=O)(=O)O)c3nccc(SC)n3)C2=O)ncn1. The molecule has 4 unspecified atom stereocenters. The molecule has 0 aromatic carbocycles. The van der Waals surface area contributed by atoms with Gasteiger partial charge in [0.1, 0.15) is 17.9 Å². The number of aromatic nitrogens is 4. The maximum absolute atomic E-state index is 14.1. The molecule has 0 saturated heterocycles. The molecule has 3 rings (SSSR count). The molecule has 0 amide bonds. The molecule has 2 N–H and O–H groups in total. The third kappa shape index (κ3) is 10.1. The zero-order valence-electron chi connectivity index (χ0n) is 21.2. The van der Waals surface area contributed by atoms with Crippen LogP contribution in [0.4, 0.5) is 0 Å². The molecule has 11 nitrogen and oxygen atoms in total. The molecule has 216 valence electrons. The second-order valence-corrected chi connectivity index (χ2v) is 15.9. The summed E-state index contributed by atoms with van der Waals surface area (Å²) in [5.74, 6) is -1.47. The van der Waals surface area contributed by atoms with E-state index >= 15 is 0 Å². The first kappa shape index (κ1) is 32.6. The van der Waals surface area contributed by atoms with Crippen LogP contribution in [0.5, 0.6) is 0 Å². The van der Waals surface area contributed by atoms with E-state index in [4.69, 9.17) is 0 Å². The van der Waals surface area contributed by atoms with Crippen LogP contribution in [0.2, 0.25) is 0 Å². The standard InChI is InChI=1S/C22H30N4O7S6/c1-34-17-6-7-23-22(26-17)21(37-9-11-39(31,32)33)15-5-3-4-14(19(15)27)20(36-8-10-38(28,29)30)16-12-18(35-2)25-13-24-16/h6-7,12-15,20-21H,3-5,8-11H2,1-2H3,(H,28,29,30)(H,31,32,33). The summed E-state index contributed by atoms with van der Waals surface area (Å²) in [7, 11) is -8.37. The van der Waals surface area contributed by atoms with Gasteiger partial charge in [-0.3, -0.25) is 13.9 Å². The molecule has 1 aliphatic carbocycles. The monoisotopic (exact) mass is 654 g/mol. The summed E-state index contributed by atoms with van der Waals surface area (Å²) in [5.41, 5.74) is 0.602. The molecule has 39 heavy (non-hydrogen) atoms. The number of Topliss-reactive ketones (excluding diaryl/α,β-unsaturated/α-hetero) is 1. The Balaban J connectivity index is 1.95. The maximum atomic E-state index is 14.1. The van der Waals surface area contributed by atoms with Crippen molar-refractivity contribution in [3.63, 3.8) is 0 Å². The van der Waals surface area contributed by atoms with Crippen molar-refractivity contribution in [2.24, 2.45) is 11.8 Å². The molecule has 2 aromatic rings. The van der Waals surface area contributed by atoms with Crippen LogP contribution in [-0.4, -0.2) is 87.2 Å². The lowest BCUT2D eigenvalue weighted by atomic mass is 9.76. The van der Waals surface area contributed by atoms with Gasteiger partial charge in [0.2, 0.25) is 0 Å². The van der Waals surface area contributed by atoms with Crippen LogP contribution < -0.4 is 0 Å². The Kier molecular flexibility index (Phi) is 12.4. The first-order chi connectivity index (χ1) is 18.4. The van der Waals surface area contributed by atoms with Crippen LogP contribution in [0.15, 0.2) is 34.7 Å². The number of hydrogen-bond donors (Lipinski definition) is 2. The summed E-state index contributed by atoms with van der Waals surface area (Å²) < 4.78 is 64.0. The number of rotatable bonds is 14. The lowest BCUT2D eigenvalue weighted by Crippen LogP contribution is -2.35. The fourth-order valence-electron chi connectivity index (χ4n) is 4.29. The second-order valence-electron chi connectivity index (χ2n) is 8.64. The first-order valence-electron chi connectivity index (χ1n) is 11.8. The number of nitrogens with zero attached hydrogens (tertiary/aromatic N) is 4. The van der Waals surface area contributed by atoms with Gasteiger partial charge in [-0.25, -0.2) is 19.9 Å². The molecule has 1 saturated carbocycles. The lowest BCUT2D eigenvalue weighted by Gasteiger charge is -2.35. The van der Waals surface area contributed by atoms with E-state index in [0.29, 0.717) is 40.8 Å². The largest absolute Gasteiger partial charge is 0.299 e. The van der Waals surface area contributed by atoms with Crippen molar-refractivity contribution in [2.75, 3.05) is 35.5 Å². The molecule has 0 bridgehead atoms. The molecule has 17 heteroatoms. The van der Waals surface area contributed by atoms with Crippen molar-refractivity contribution >= 4 is 73.1 Å². The van der Waals surface area contributed by atoms with Crippen LogP contribution in [0.25, 0.3) is 0 Å². The van der Waals surface area contributed by atoms with Crippen LogP contribution in [-0.2, 0) is 25.0 Å². The Morgan fingerprint density at radius 3 is 2.08 bits per heavy atom. The third-order valence-corrected chi connectivity index (χ3v) is 12.0. The van der Waals surface area contributed by atoms with Gasteiger partial charge in [0, 0.05) is 29.5 Å². The molecular formula is C22H30N4O7S6. The Morgan fingerprint density at radius 2 is 1.49 bits per heavy atom. The van der Waals surface area contributed by atoms with Crippen molar-refractivity contribution in [2.45, 2.75) is 39.8 Å². The van der Waals surface area contributed by atoms with E-state index in [1.165, 1.54) is 53.4 Å². The fraction of sp³-hybridized carbons (Fsp3) is 0.591. The number of hydrogen-bond acceptors (Lipinski definition) is 13. The highest BCUT2D eigenvalue weighted by Gasteiger charge is 2.42. The summed E-state index contributed by atoms with van der Waals surface area (Å²) in [6, 6.07) is 3.54. The molecule has 1 fully saturated rings. The number of ketones is 1. The van der Waals surface area contributed by atoms with E-state index in [-0.39, 0.29) is 17.3 Å². The van der Waals surface area contributed by atoms with Gasteiger partial charge in [-0.1, -0.05) is 6.42 Å². The molecule has 2 heterocycles. The number of thioether (sulfide) groups is 4. The van der Waals surface area contributed by atoms with Crippen molar-refractivity contribution in [3.8, 4) is 0 Å². The first-order valence-corrected chi connectivity index (χ1v) is 19.6. The third-order valence-electron chi connectivity index (χ3n) is 6.05. The van der Waals surface area contributed by atoms with Crippen LogP contribution in [0.1, 0.15) is 41.3 Å². The van der Waals surface area contributed by atoms with E-state index in [1.807, 2.05) is 12.5 Å². The summed E-state index contributed by atoms with van der Waals surface area (Å²) in [6.45, 7) is 0. The lowest BCUT2D eigenvalue weighted by molar-refractivity contribution is -0.129. The van der Waals surface area contributed by atoms with Gasteiger partial charge >= 0.3 is 0 Å². The average Bonchev–Trinajstić information content (AvgIpc) is 2.89. The van der Waals surface area contributed by atoms with Crippen molar-refractivity contribution in [3.05, 3.63) is 36.2 Å². The quantitative estimate of drug-likeness (QED) is 0.171. The van der Waals surface area contributed by atoms with Crippen molar-refractivity contribution in [1.82, 2.24) is 19.9 Å². The highest BCUT2D eigenvalue weighted by molar-refractivity contribution is 8.01. The Bertz CT molecular complexity index is 1250. The summed E-state index contributed by atoms with van der Waals surface area (Å²) in [5, 5.41) is 0.410. The minimum Gasteiger partial charge on any atom is -0.299 e. The van der Waals surface area contributed by atoms with Crippen LogP contribution in [0, 0.1) is 11.8 Å². The van der Waals surface area contributed by atoms with Gasteiger partial charge in [-0.2, -0.15) is 28.6 Å². The van der Waals surface area contributed by atoms with Crippen LogP contribution in [0.3, 0.4) is 0 Å². The molecule has 0 aliphatic heterocycles. The average molecular weight is 655 g/mol. The molecular weight excluding hydrogens is 625 g/mol. The zero-order chi connectivity index (χ0) is 28.6. The Morgan fingerprint density at radius 1 is 0.897 bits per heavy atom. The van der Waals surface area contributed by atoms with Gasteiger partial charge in [-0.05, 0) is 37.5 Å². The summed E-state index contributed by atoms with van der Waals surface area (Å²) >= 11 is 5.32.